The highest BCUT2D eigenvalue weighted by molar-refractivity contribution is 6.01. The lowest BCUT2D eigenvalue weighted by atomic mass is 9.79. The smallest absolute Gasteiger partial charge is 0.173 e. The number of aryl methyl sites for hydroxylation is 1. The third-order valence-corrected chi connectivity index (χ3v) is 3.22. The first-order valence-corrected chi connectivity index (χ1v) is 5.84. The fraction of sp³-hybridized carbons (Fsp3) is 0.267. The Morgan fingerprint density at radius 3 is 2.61 bits per heavy atom. The number of Topliss-reactive ketones (excluding diaryl/α,β-unsaturated/α-hetero) is 1. The van der Waals surface area contributed by atoms with Crippen molar-refractivity contribution in [2.45, 2.75) is 19.4 Å². The summed E-state index contributed by atoms with van der Waals surface area (Å²) in [5.74, 6) is -0.832. The Morgan fingerprint density at radius 2 is 2.00 bits per heavy atom. The highest BCUT2D eigenvalue weighted by Gasteiger charge is 2.36. The zero-order valence-electron chi connectivity index (χ0n) is 10.4. The molecule has 0 radical (unpaired) electrons. The van der Waals surface area contributed by atoms with E-state index in [9.17, 15) is 15.0 Å². The molecule has 94 valence electrons. The first-order chi connectivity index (χ1) is 8.42. The second-order valence-electron chi connectivity index (χ2n) is 4.81. The summed E-state index contributed by atoms with van der Waals surface area (Å²) in [7, 11) is 0. The Morgan fingerprint density at radius 1 is 1.33 bits per heavy atom. The average Bonchev–Trinajstić information content (AvgIpc) is 2.27. The molecule has 0 aromatic heterocycles. The normalized spacial score (nSPS) is 26.8. The van der Waals surface area contributed by atoms with Crippen LogP contribution in [0.25, 0.3) is 0 Å². The van der Waals surface area contributed by atoms with E-state index in [-0.39, 0.29) is 11.5 Å². The molecule has 0 fully saturated rings. The standard InChI is InChI=1S/C15H16O3/c1-10-5-3-4-6-12(10)14(17)13-8-7-11(16)9-15(13,2)18/h3-9,13,16,18H,1-2H3. The van der Waals surface area contributed by atoms with Gasteiger partial charge in [0.2, 0.25) is 0 Å². The summed E-state index contributed by atoms with van der Waals surface area (Å²) in [5.41, 5.74) is 0.116. The van der Waals surface area contributed by atoms with Gasteiger partial charge in [0.25, 0.3) is 0 Å². The molecule has 0 amide bonds. The molecule has 3 nitrogen and oxygen atoms in total. The Kier molecular flexibility index (Phi) is 3.09. The van der Waals surface area contributed by atoms with Gasteiger partial charge in [0.05, 0.1) is 11.5 Å². The largest absolute Gasteiger partial charge is 0.508 e. The fourth-order valence-corrected chi connectivity index (χ4v) is 2.20. The van der Waals surface area contributed by atoms with E-state index < -0.39 is 11.5 Å². The number of ketones is 1. The van der Waals surface area contributed by atoms with Crippen LogP contribution in [0.5, 0.6) is 0 Å². The molecule has 0 saturated heterocycles. The molecule has 0 heterocycles. The van der Waals surface area contributed by atoms with Crippen LogP contribution in [0.2, 0.25) is 0 Å². The average molecular weight is 244 g/mol. The third-order valence-electron chi connectivity index (χ3n) is 3.22. The molecule has 2 unspecified atom stereocenters. The highest BCUT2D eigenvalue weighted by atomic mass is 16.3. The monoisotopic (exact) mass is 244 g/mol. The predicted molar refractivity (Wildman–Crippen MR) is 69.5 cm³/mol. The first kappa shape index (κ1) is 12.6. The lowest BCUT2D eigenvalue weighted by Crippen LogP contribution is -2.38. The molecule has 1 aliphatic carbocycles. The van der Waals surface area contributed by atoms with Crippen molar-refractivity contribution in [3.8, 4) is 0 Å². The van der Waals surface area contributed by atoms with E-state index >= 15 is 0 Å². The van der Waals surface area contributed by atoms with Crippen LogP contribution in [0.3, 0.4) is 0 Å². The van der Waals surface area contributed by atoms with Crippen molar-refractivity contribution in [2.24, 2.45) is 5.92 Å². The summed E-state index contributed by atoms with van der Waals surface area (Å²) in [4.78, 5) is 12.4. The van der Waals surface area contributed by atoms with Gasteiger partial charge in [-0.25, -0.2) is 0 Å². The van der Waals surface area contributed by atoms with Crippen molar-refractivity contribution in [1.29, 1.82) is 0 Å². The number of hydrogen-bond acceptors (Lipinski definition) is 3. The van der Waals surface area contributed by atoms with Crippen molar-refractivity contribution < 1.29 is 15.0 Å². The van der Waals surface area contributed by atoms with Gasteiger partial charge >= 0.3 is 0 Å². The van der Waals surface area contributed by atoms with Gasteiger partial charge in [-0.2, -0.15) is 0 Å². The van der Waals surface area contributed by atoms with Crippen LogP contribution in [-0.2, 0) is 0 Å². The Bertz CT molecular complexity index is 538. The molecular weight excluding hydrogens is 228 g/mol. The summed E-state index contributed by atoms with van der Waals surface area (Å²) in [6, 6.07) is 7.28. The molecule has 3 heteroatoms. The summed E-state index contributed by atoms with van der Waals surface area (Å²) in [6.45, 7) is 3.38. The minimum absolute atomic E-state index is 0.0196. The van der Waals surface area contributed by atoms with Crippen molar-refractivity contribution in [3.63, 3.8) is 0 Å². The minimum atomic E-state index is -1.36. The molecule has 0 aliphatic heterocycles. The highest BCUT2D eigenvalue weighted by Crippen LogP contribution is 2.30. The van der Waals surface area contributed by atoms with E-state index in [2.05, 4.69) is 0 Å². The quantitative estimate of drug-likeness (QED) is 0.786. The number of aliphatic hydroxyl groups excluding tert-OH is 1. The lowest BCUT2D eigenvalue weighted by Gasteiger charge is -2.29. The molecular formula is C15H16O3. The number of aliphatic hydroxyl groups is 2. The second-order valence-corrected chi connectivity index (χ2v) is 4.81. The summed E-state index contributed by atoms with van der Waals surface area (Å²) < 4.78 is 0. The van der Waals surface area contributed by atoms with Gasteiger partial charge in [0, 0.05) is 5.56 Å². The summed E-state index contributed by atoms with van der Waals surface area (Å²) in [6.07, 6.45) is 4.29. The number of benzene rings is 1. The van der Waals surface area contributed by atoms with Gasteiger partial charge in [-0.15, -0.1) is 0 Å². The zero-order valence-corrected chi connectivity index (χ0v) is 10.4. The molecule has 2 N–H and O–H groups in total. The van der Waals surface area contributed by atoms with Gasteiger partial charge in [0.1, 0.15) is 5.76 Å². The number of rotatable bonds is 2. The second kappa shape index (κ2) is 4.42. The maximum Gasteiger partial charge on any atom is 0.173 e. The van der Waals surface area contributed by atoms with Gasteiger partial charge in [0.15, 0.2) is 5.78 Å². The molecule has 0 spiro atoms. The summed E-state index contributed by atoms with van der Waals surface area (Å²) >= 11 is 0. The van der Waals surface area contributed by atoms with Crippen LogP contribution in [0.15, 0.2) is 48.3 Å². The molecule has 1 aliphatic rings. The number of carbonyl (C=O) groups excluding carboxylic acids is 1. The number of hydrogen-bond donors (Lipinski definition) is 2. The van der Waals surface area contributed by atoms with E-state index in [0.29, 0.717) is 5.56 Å². The molecule has 2 atom stereocenters. The summed E-state index contributed by atoms with van der Waals surface area (Å²) in [5, 5.41) is 19.6. The molecule has 1 aromatic rings. The van der Waals surface area contributed by atoms with Gasteiger partial charge in [-0.05, 0) is 31.6 Å². The van der Waals surface area contributed by atoms with Crippen LogP contribution in [0, 0.1) is 12.8 Å². The van der Waals surface area contributed by atoms with E-state index in [4.69, 9.17) is 0 Å². The third kappa shape index (κ3) is 2.22. The number of carbonyl (C=O) groups is 1. The lowest BCUT2D eigenvalue weighted by molar-refractivity contribution is 0.0498. The maximum absolute atomic E-state index is 12.4. The van der Waals surface area contributed by atoms with Crippen LogP contribution < -0.4 is 0 Å². The van der Waals surface area contributed by atoms with Crippen molar-refractivity contribution in [3.05, 3.63) is 59.4 Å². The minimum Gasteiger partial charge on any atom is -0.508 e. The van der Waals surface area contributed by atoms with E-state index in [1.165, 1.54) is 19.1 Å². The fourth-order valence-electron chi connectivity index (χ4n) is 2.20. The molecule has 18 heavy (non-hydrogen) atoms. The van der Waals surface area contributed by atoms with Crippen molar-refractivity contribution in [1.82, 2.24) is 0 Å². The van der Waals surface area contributed by atoms with Gasteiger partial charge < -0.3 is 10.2 Å². The molecule has 0 bridgehead atoms. The Balaban J connectivity index is 2.37. The van der Waals surface area contributed by atoms with Crippen LogP contribution in [0.1, 0.15) is 22.8 Å². The van der Waals surface area contributed by atoms with Crippen molar-refractivity contribution >= 4 is 5.78 Å². The molecule has 0 saturated carbocycles. The van der Waals surface area contributed by atoms with E-state index in [1.807, 2.05) is 19.1 Å². The van der Waals surface area contributed by atoms with Crippen LogP contribution in [0.4, 0.5) is 0 Å². The number of allylic oxidation sites excluding steroid dienone is 1. The topological polar surface area (TPSA) is 57.5 Å². The van der Waals surface area contributed by atoms with Gasteiger partial charge in [-0.3, -0.25) is 4.79 Å². The zero-order chi connectivity index (χ0) is 13.3. The first-order valence-electron chi connectivity index (χ1n) is 5.84. The van der Waals surface area contributed by atoms with Crippen LogP contribution in [-0.4, -0.2) is 21.6 Å². The van der Waals surface area contributed by atoms with E-state index in [1.54, 1.807) is 18.2 Å². The molecule has 2 rings (SSSR count). The molecule has 1 aromatic carbocycles. The maximum atomic E-state index is 12.4. The van der Waals surface area contributed by atoms with E-state index in [0.717, 1.165) is 5.56 Å². The Labute approximate surface area is 106 Å². The van der Waals surface area contributed by atoms with Gasteiger partial charge in [-0.1, -0.05) is 30.3 Å². The van der Waals surface area contributed by atoms with Crippen LogP contribution >= 0.6 is 0 Å². The van der Waals surface area contributed by atoms with Crippen molar-refractivity contribution in [2.75, 3.05) is 0 Å². The SMILES string of the molecule is Cc1ccccc1C(=O)C1C=CC(O)=CC1(C)O. The predicted octanol–water partition coefficient (Wildman–Crippen LogP) is 2.56. The Hall–Kier alpha value is -1.87.